The molecule has 0 unspecified atom stereocenters. The van der Waals surface area contributed by atoms with Gasteiger partial charge in [-0.3, -0.25) is 9.13 Å². The van der Waals surface area contributed by atoms with Crippen molar-refractivity contribution in [3.8, 4) is 79.2 Å². The van der Waals surface area contributed by atoms with Gasteiger partial charge in [0.1, 0.15) is 11.6 Å². The second kappa shape index (κ2) is 20.4. The van der Waals surface area contributed by atoms with Crippen molar-refractivity contribution in [3.63, 3.8) is 0 Å². The largest absolute Gasteiger partial charge is 0.292 e. The Labute approximate surface area is 486 Å². The average Bonchev–Trinajstić information content (AvgIpc) is 2.62. The van der Waals surface area contributed by atoms with E-state index in [4.69, 9.17) is 9.97 Å². The molecule has 4 nitrogen and oxygen atoms in total. The second-order valence-electron chi connectivity index (χ2n) is 21.5. The fourth-order valence-corrected chi connectivity index (χ4v) is 13.1. The van der Waals surface area contributed by atoms with Crippen LogP contribution in [0.25, 0.3) is 155 Å². The Bertz CT molecular complexity index is 5220. The van der Waals surface area contributed by atoms with Crippen molar-refractivity contribution in [1.29, 1.82) is 0 Å². The maximum absolute atomic E-state index is 5.50. The lowest BCUT2D eigenvalue weighted by Gasteiger charge is -2.18. The van der Waals surface area contributed by atoms with Crippen LogP contribution in [-0.2, 0) is 0 Å². The zero-order chi connectivity index (χ0) is 55.5. The summed E-state index contributed by atoms with van der Waals surface area (Å²) >= 11 is 0. The number of imidazole rings is 2. The Hall–Kier alpha value is -11.2. The first kappa shape index (κ1) is 48.7. The first-order chi connectivity index (χ1) is 41.7. The SMILES string of the molecule is c1ccc(-c2nc(-c3cc4c5ccccc5ccc4c4ccccc34)n(-c3ccccc3)c2-c2ccccc2)cc1.c1ccc(-c2nc(-c3ccc4c5cccc6cccc(c7cccc3c74)c65)n(-c3ccccc3)c2-c2ccccc2)cc1. The number of fused-ring (bicyclic) bond motifs is 7. The standard InChI is InChI=1S/C41H26N2.C39H26N2/c1-4-13-28(14-5-1)39-40(29-15-6-2-7-16-29)43(30-19-8-3-9-20-30)41(42-39)36-26-25-35-32-22-11-18-27-17-10-21-31(37(27)32)33-23-12-24-34(36)38(33)35;1-4-15-28(16-5-1)37-38(29-17-6-2-7-18-29)41(30-19-8-3-9-20-30)39(40-37)36-26-35-31-21-11-10-14-27(31)24-25-34(35)32-22-12-13-23-33(32)36/h1-26H;1-26H. The highest BCUT2D eigenvalue weighted by Gasteiger charge is 2.27. The molecular weight excluding hydrogens is 1020 g/mol. The first-order valence-corrected chi connectivity index (χ1v) is 28.7. The molecule has 84 heavy (non-hydrogen) atoms. The van der Waals surface area contributed by atoms with Crippen molar-refractivity contribution in [3.05, 3.63) is 315 Å². The van der Waals surface area contributed by atoms with Gasteiger partial charge in [0.15, 0.2) is 0 Å². The summed E-state index contributed by atoms with van der Waals surface area (Å²) in [5, 5.41) is 17.7. The molecule has 0 atom stereocenters. The van der Waals surface area contributed by atoms with Gasteiger partial charge in [0.2, 0.25) is 0 Å². The van der Waals surface area contributed by atoms with Gasteiger partial charge in [0.05, 0.1) is 22.8 Å². The Kier molecular flexibility index (Phi) is 11.8. The summed E-state index contributed by atoms with van der Waals surface area (Å²) in [4.78, 5) is 11.0. The van der Waals surface area contributed by atoms with Crippen molar-refractivity contribution in [2.24, 2.45) is 0 Å². The van der Waals surface area contributed by atoms with E-state index in [2.05, 4.69) is 325 Å². The van der Waals surface area contributed by atoms with Gasteiger partial charge in [-0.2, -0.15) is 0 Å². The minimum absolute atomic E-state index is 0.931. The van der Waals surface area contributed by atoms with Crippen LogP contribution in [0.5, 0.6) is 0 Å². The molecule has 0 saturated carbocycles. The van der Waals surface area contributed by atoms with Crippen LogP contribution in [-0.4, -0.2) is 19.1 Å². The molecule has 392 valence electrons. The molecule has 0 aliphatic carbocycles. The van der Waals surface area contributed by atoms with E-state index in [-0.39, 0.29) is 0 Å². The van der Waals surface area contributed by atoms with Gasteiger partial charge in [-0.15, -0.1) is 0 Å². The van der Waals surface area contributed by atoms with Crippen LogP contribution >= 0.6 is 0 Å². The molecule has 0 saturated heterocycles. The summed E-state index contributed by atoms with van der Waals surface area (Å²) in [7, 11) is 0. The van der Waals surface area contributed by atoms with Crippen LogP contribution in [0.2, 0.25) is 0 Å². The molecule has 2 aromatic heterocycles. The topological polar surface area (TPSA) is 35.6 Å². The number of nitrogens with zero attached hydrogens (tertiary/aromatic N) is 4. The fourth-order valence-electron chi connectivity index (χ4n) is 13.1. The number of rotatable bonds is 8. The maximum Gasteiger partial charge on any atom is 0.146 e. The predicted octanol–water partition coefficient (Wildman–Crippen LogP) is 21.3. The van der Waals surface area contributed by atoms with E-state index in [0.29, 0.717) is 0 Å². The molecule has 0 amide bonds. The van der Waals surface area contributed by atoms with Crippen LogP contribution in [0.3, 0.4) is 0 Å². The smallest absolute Gasteiger partial charge is 0.146 e. The number of aromatic nitrogens is 4. The van der Waals surface area contributed by atoms with E-state index in [1.807, 2.05) is 0 Å². The zero-order valence-electron chi connectivity index (χ0n) is 45.8. The number of benzene rings is 15. The molecule has 17 rings (SSSR count). The molecule has 2 heterocycles. The minimum Gasteiger partial charge on any atom is -0.292 e. The van der Waals surface area contributed by atoms with Gasteiger partial charge in [0, 0.05) is 44.8 Å². The molecule has 0 radical (unpaired) electrons. The molecule has 17 aromatic rings. The van der Waals surface area contributed by atoms with E-state index in [9.17, 15) is 0 Å². The van der Waals surface area contributed by atoms with Crippen molar-refractivity contribution in [1.82, 2.24) is 19.1 Å². The van der Waals surface area contributed by atoms with Crippen LogP contribution in [0.4, 0.5) is 0 Å². The van der Waals surface area contributed by atoms with Crippen molar-refractivity contribution < 1.29 is 0 Å². The van der Waals surface area contributed by atoms with Crippen molar-refractivity contribution in [2.45, 2.75) is 0 Å². The molecule has 0 bridgehead atoms. The Morgan fingerprint density at radius 2 is 0.583 bits per heavy atom. The minimum atomic E-state index is 0.931. The molecule has 0 aliphatic rings. The van der Waals surface area contributed by atoms with Gasteiger partial charge in [0.25, 0.3) is 0 Å². The van der Waals surface area contributed by atoms with E-state index in [1.54, 1.807) is 0 Å². The summed E-state index contributed by atoms with van der Waals surface area (Å²) < 4.78 is 4.69. The normalized spacial score (nSPS) is 11.6. The summed E-state index contributed by atoms with van der Waals surface area (Å²) in [6, 6.07) is 112. The highest BCUT2D eigenvalue weighted by Crippen LogP contribution is 2.47. The average molecular weight is 1070 g/mol. The summed E-state index contributed by atoms with van der Waals surface area (Å²) in [6.07, 6.45) is 0. The summed E-state index contributed by atoms with van der Waals surface area (Å²) in [6.45, 7) is 0. The molecule has 0 aliphatic heterocycles. The Morgan fingerprint density at radius 3 is 1.13 bits per heavy atom. The fraction of sp³-hybridized carbons (Fsp3) is 0. The quantitative estimate of drug-likeness (QED) is 0.112. The van der Waals surface area contributed by atoms with Crippen LogP contribution in [0.15, 0.2) is 315 Å². The molecule has 0 N–H and O–H groups in total. The van der Waals surface area contributed by atoms with Crippen molar-refractivity contribution in [2.75, 3.05) is 0 Å². The third-order valence-corrected chi connectivity index (χ3v) is 16.7. The summed E-state index contributed by atoms with van der Waals surface area (Å²) in [5.74, 6) is 1.87. The predicted molar refractivity (Wildman–Crippen MR) is 353 cm³/mol. The number of hydrogen-bond donors (Lipinski definition) is 0. The van der Waals surface area contributed by atoms with Gasteiger partial charge >= 0.3 is 0 Å². The molecule has 15 aromatic carbocycles. The number of hydrogen-bond acceptors (Lipinski definition) is 2. The van der Waals surface area contributed by atoms with E-state index >= 15 is 0 Å². The van der Waals surface area contributed by atoms with Crippen LogP contribution < -0.4 is 0 Å². The molecular formula is C80H52N4. The Balaban J connectivity index is 0.000000137. The second-order valence-corrected chi connectivity index (χ2v) is 21.5. The molecule has 4 heteroatoms. The first-order valence-electron chi connectivity index (χ1n) is 28.7. The Morgan fingerprint density at radius 1 is 0.214 bits per heavy atom. The van der Waals surface area contributed by atoms with Gasteiger partial charge in [-0.25, -0.2) is 9.97 Å². The number of para-hydroxylation sites is 2. The van der Waals surface area contributed by atoms with Crippen molar-refractivity contribution >= 4 is 75.4 Å². The lowest BCUT2D eigenvalue weighted by Crippen LogP contribution is -2.01. The van der Waals surface area contributed by atoms with Gasteiger partial charge in [-0.05, 0) is 112 Å². The van der Waals surface area contributed by atoms with E-state index in [1.165, 1.54) is 75.4 Å². The zero-order valence-corrected chi connectivity index (χ0v) is 45.8. The van der Waals surface area contributed by atoms with Crippen LogP contribution in [0, 0.1) is 0 Å². The van der Waals surface area contributed by atoms with E-state index < -0.39 is 0 Å². The lowest BCUT2D eigenvalue weighted by molar-refractivity contribution is 1.08. The highest BCUT2D eigenvalue weighted by atomic mass is 15.1. The van der Waals surface area contributed by atoms with Gasteiger partial charge < -0.3 is 0 Å². The third-order valence-electron chi connectivity index (χ3n) is 16.7. The van der Waals surface area contributed by atoms with Crippen LogP contribution in [0.1, 0.15) is 0 Å². The summed E-state index contributed by atoms with van der Waals surface area (Å²) in [5.41, 5.74) is 13.0. The lowest BCUT2D eigenvalue weighted by atomic mass is 9.88. The monoisotopic (exact) mass is 1070 g/mol. The maximum atomic E-state index is 5.50. The molecule has 0 spiro atoms. The highest BCUT2D eigenvalue weighted by molar-refractivity contribution is 6.34. The third kappa shape index (κ3) is 8.07. The molecule has 0 fully saturated rings. The van der Waals surface area contributed by atoms with E-state index in [0.717, 1.165) is 79.2 Å². The van der Waals surface area contributed by atoms with Gasteiger partial charge in [-0.1, -0.05) is 279 Å².